The first-order valence-electron chi connectivity index (χ1n) is 7.76. The zero-order chi connectivity index (χ0) is 18.2. The van der Waals surface area contributed by atoms with Crippen molar-refractivity contribution in [2.75, 3.05) is 13.2 Å². The van der Waals surface area contributed by atoms with Crippen molar-refractivity contribution in [2.24, 2.45) is 0 Å². The maximum Gasteiger partial charge on any atom is 0.358 e. The van der Waals surface area contributed by atoms with Gasteiger partial charge in [-0.25, -0.2) is 9.78 Å². The third-order valence-electron chi connectivity index (χ3n) is 3.19. The first-order chi connectivity index (χ1) is 12.0. The second kappa shape index (κ2) is 8.93. The molecule has 0 spiro atoms. The maximum atomic E-state index is 12.0. The van der Waals surface area contributed by atoms with Gasteiger partial charge in [-0.3, -0.25) is 9.59 Å². The monoisotopic (exact) mass is 361 g/mol. The van der Waals surface area contributed by atoms with Crippen LogP contribution in [0.3, 0.4) is 0 Å². The van der Waals surface area contributed by atoms with Gasteiger partial charge in [-0.15, -0.1) is 11.3 Å². The van der Waals surface area contributed by atoms with Gasteiger partial charge in [0, 0.05) is 17.5 Å². The minimum atomic E-state index is -0.699. The number of hydrogen-bond acceptors (Lipinski definition) is 6. The molecule has 7 nitrogen and oxygen atoms in total. The molecule has 0 aliphatic rings. The van der Waals surface area contributed by atoms with Crippen LogP contribution in [0.1, 0.15) is 24.3 Å². The standard InChI is InChI=1S/C17H19N3O4S/c1-3-18-15(22)11(2)19-14(21)9-24-17(23)13-10-25-16(20-13)12-7-5-4-6-8-12/h4-8,10-11H,3,9H2,1-2H3,(H,18,22)(H,19,21)/t11-/m1/s1. The molecule has 2 rings (SSSR count). The number of thiazole rings is 1. The molecular weight excluding hydrogens is 342 g/mol. The number of likely N-dealkylation sites (N-methyl/N-ethyl adjacent to an activating group) is 1. The maximum absolute atomic E-state index is 12.0. The zero-order valence-electron chi connectivity index (χ0n) is 13.9. The number of carbonyl (C=O) groups is 3. The number of esters is 1. The van der Waals surface area contributed by atoms with Crippen molar-refractivity contribution in [1.29, 1.82) is 0 Å². The smallest absolute Gasteiger partial charge is 0.358 e. The number of aromatic nitrogens is 1. The molecule has 1 aromatic heterocycles. The third-order valence-corrected chi connectivity index (χ3v) is 4.08. The summed E-state index contributed by atoms with van der Waals surface area (Å²) in [5, 5.41) is 7.33. The van der Waals surface area contributed by atoms with Crippen LogP contribution in [0.25, 0.3) is 10.6 Å². The van der Waals surface area contributed by atoms with Crippen LogP contribution in [0.2, 0.25) is 0 Å². The summed E-state index contributed by atoms with van der Waals surface area (Å²) in [5.74, 6) is -1.53. The van der Waals surface area contributed by atoms with E-state index >= 15 is 0 Å². The molecule has 1 heterocycles. The van der Waals surface area contributed by atoms with Crippen LogP contribution in [0.5, 0.6) is 0 Å². The molecular formula is C17H19N3O4S. The lowest BCUT2D eigenvalue weighted by Gasteiger charge is -2.13. The highest BCUT2D eigenvalue weighted by molar-refractivity contribution is 7.13. The van der Waals surface area contributed by atoms with E-state index in [0.29, 0.717) is 11.6 Å². The second-order valence-corrected chi connectivity index (χ2v) is 6.02. The molecule has 0 bridgehead atoms. The predicted molar refractivity (Wildman–Crippen MR) is 94.1 cm³/mol. The molecule has 1 aromatic carbocycles. The highest BCUT2D eigenvalue weighted by atomic mass is 32.1. The van der Waals surface area contributed by atoms with Gasteiger partial charge in [0.1, 0.15) is 11.0 Å². The topological polar surface area (TPSA) is 97.4 Å². The van der Waals surface area contributed by atoms with Gasteiger partial charge >= 0.3 is 5.97 Å². The fourth-order valence-corrected chi connectivity index (χ4v) is 2.76. The molecule has 0 aliphatic carbocycles. The molecule has 0 aliphatic heterocycles. The molecule has 25 heavy (non-hydrogen) atoms. The molecule has 0 unspecified atom stereocenters. The van der Waals surface area contributed by atoms with Crippen LogP contribution in [0.15, 0.2) is 35.7 Å². The summed E-state index contributed by atoms with van der Waals surface area (Å²) in [6, 6.07) is 8.75. The summed E-state index contributed by atoms with van der Waals surface area (Å²) in [6.07, 6.45) is 0. The van der Waals surface area contributed by atoms with Gasteiger partial charge in [0.15, 0.2) is 12.3 Å². The van der Waals surface area contributed by atoms with Gasteiger partial charge in [0.2, 0.25) is 5.91 Å². The fourth-order valence-electron chi connectivity index (χ4n) is 1.96. The number of benzene rings is 1. The van der Waals surface area contributed by atoms with E-state index in [1.165, 1.54) is 11.3 Å². The summed E-state index contributed by atoms with van der Waals surface area (Å²) in [5.41, 5.74) is 1.05. The lowest BCUT2D eigenvalue weighted by molar-refractivity contribution is -0.130. The Labute approximate surface area is 149 Å². The SMILES string of the molecule is CCNC(=O)[C@@H](C)NC(=O)COC(=O)c1csc(-c2ccccc2)n1. The van der Waals surface area contributed by atoms with Crippen molar-refractivity contribution >= 4 is 29.1 Å². The van der Waals surface area contributed by atoms with E-state index in [0.717, 1.165) is 5.56 Å². The van der Waals surface area contributed by atoms with E-state index < -0.39 is 24.5 Å². The van der Waals surface area contributed by atoms with E-state index in [-0.39, 0.29) is 11.6 Å². The molecule has 2 N–H and O–H groups in total. The van der Waals surface area contributed by atoms with Gasteiger partial charge in [-0.1, -0.05) is 30.3 Å². The Morgan fingerprint density at radius 1 is 1.24 bits per heavy atom. The number of rotatable bonds is 7. The second-order valence-electron chi connectivity index (χ2n) is 5.16. The molecule has 0 saturated heterocycles. The number of nitrogens with zero attached hydrogens (tertiary/aromatic N) is 1. The van der Waals surface area contributed by atoms with Gasteiger partial charge in [-0.05, 0) is 13.8 Å². The zero-order valence-corrected chi connectivity index (χ0v) is 14.8. The van der Waals surface area contributed by atoms with E-state index in [4.69, 9.17) is 4.74 Å². The average Bonchev–Trinajstić information content (AvgIpc) is 3.11. The Kier molecular flexibility index (Phi) is 6.64. The van der Waals surface area contributed by atoms with E-state index in [2.05, 4.69) is 15.6 Å². The summed E-state index contributed by atoms with van der Waals surface area (Å²) >= 11 is 1.32. The highest BCUT2D eigenvalue weighted by Gasteiger charge is 2.18. The number of carbonyl (C=O) groups excluding carboxylic acids is 3. The first kappa shape index (κ1) is 18.6. The Hall–Kier alpha value is -2.74. The van der Waals surface area contributed by atoms with Crippen molar-refractivity contribution in [1.82, 2.24) is 15.6 Å². The Bertz CT molecular complexity index is 745. The Balaban J connectivity index is 1.85. The van der Waals surface area contributed by atoms with Crippen LogP contribution in [0.4, 0.5) is 0 Å². The minimum Gasteiger partial charge on any atom is -0.451 e. The summed E-state index contributed by atoms with van der Waals surface area (Å²) in [6.45, 7) is 3.34. The van der Waals surface area contributed by atoms with Crippen LogP contribution < -0.4 is 10.6 Å². The normalized spacial score (nSPS) is 11.4. The van der Waals surface area contributed by atoms with Crippen molar-refractivity contribution in [3.05, 3.63) is 41.4 Å². The number of nitrogens with one attached hydrogen (secondary N) is 2. The summed E-state index contributed by atoms with van der Waals surface area (Å²) in [4.78, 5) is 39.5. The van der Waals surface area contributed by atoms with Crippen LogP contribution in [0, 0.1) is 0 Å². The lowest BCUT2D eigenvalue weighted by atomic mass is 10.2. The number of hydrogen-bond donors (Lipinski definition) is 2. The fraction of sp³-hybridized carbons (Fsp3) is 0.294. The highest BCUT2D eigenvalue weighted by Crippen LogP contribution is 2.23. The molecule has 8 heteroatoms. The van der Waals surface area contributed by atoms with Gasteiger partial charge < -0.3 is 15.4 Å². The number of amides is 2. The molecule has 1 atom stereocenters. The van der Waals surface area contributed by atoms with Crippen LogP contribution in [-0.4, -0.2) is 42.0 Å². The molecule has 132 valence electrons. The van der Waals surface area contributed by atoms with Crippen LogP contribution >= 0.6 is 11.3 Å². The van der Waals surface area contributed by atoms with Crippen molar-refractivity contribution in [3.8, 4) is 10.6 Å². The summed E-state index contributed by atoms with van der Waals surface area (Å²) < 4.78 is 4.94. The summed E-state index contributed by atoms with van der Waals surface area (Å²) in [7, 11) is 0. The molecule has 2 amide bonds. The van der Waals surface area contributed by atoms with Crippen molar-refractivity contribution < 1.29 is 19.1 Å². The van der Waals surface area contributed by atoms with Gasteiger partial charge in [-0.2, -0.15) is 0 Å². The molecule has 0 radical (unpaired) electrons. The van der Waals surface area contributed by atoms with E-state index in [1.807, 2.05) is 30.3 Å². The third kappa shape index (κ3) is 5.39. The first-order valence-corrected chi connectivity index (χ1v) is 8.64. The molecule has 2 aromatic rings. The largest absolute Gasteiger partial charge is 0.451 e. The minimum absolute atomic E-state index is 0.147. The van der Waals surface area contributed by atoms with E-state index in [1.54, 1.807) is 19.2 Å². The van der Waals surface area contributed by atoms with Gasteiger partial charge in [0.05, 0.1) is 0 Å². The average molecular weight is 361 g/mol. The van der Waals surface area contributed by atoms with Crippen molar-refractivity contribution in [2.45, 2.75) is 19.9 Å². The van der Waals surface area contributed by atoms with Crippen molar-refractivity contribution in [3.63, 3.8) is 0 Å². The quantitative estimate of drug-likeness (QED) is 0.730. The molecule has 0 saturated carbocycles. The van der Waals surface area contributed by atoms with Gasteiger partial charge in [0.25, 0.3) is 5.91 Å². The van der Waals surface area contributed by atoms with E-state index in [9.17, 15) is 14.4 Å². The Morgan fingerprint density at radius 3 is 2.64 bits per heavy atom. The lowest BCUT2D eigenvalue weighted by Crippen LogP contribution is -2.46. The number of ether oxygens (including phenoxy) is 1. The predicted octanol–water partition coefficient (Wildman–Crippen LogP) is 1.61. The Morgan fingerprint density at radius 2 is 1.96 bits per heavy atom. The molecule has 0 fully saturated rings. The van der Waals surface area contributed by atoms with Crippen LogP contribution in [-0.2, 0) is 14.3 Å².